The molecule has 1 unspecified atom stereocenters. The van der Waals surface area contributed by atoms with Crippen molar-refractivity contribution in [3.63, 3.8) is 0 Å². The maximum absolute atomic E-state index is 12.5. The zero-order chi connectivity index (χ0) is 13.8. The van der Waals surface area contributed by atoms with Crippen molar-refractivity contribution in [3.05, 3.63) is 29.8 Å². The first-order valence-electron chi connectivity index (χ1n) is 7.95. The van der Waals surface area contributed by atoms with Crippen molar-refractivity contribution in [2.24, 2.45) is 0 Å². The van der Waals surface area contributed by atoms with Crippen LogP contribution in [0.5, 0.6) is 0 Å². The smallest absolute Gasteiger partial charge is 0.223 e. The number of hydrogen-bond donors (Lipinski definition) is 1. The highest BCUT2D eigenvalue weighted by Gasteiger charge is 2.26. The molecule has 1 saturated heterocycles. The van der Waals surface area contributed by atoms with Gasteiger partial charge in [-0.15, -0.1) is 0 Å². The number of para-hydroxylation sites is 1. The maximum atomic E-state index is 12.5. The second kappa shape index (κ2) is 6.29. The fourth-order valence-electron chi connectivity index (χ4n) is 3.38. The van der Waals surface area contributed by atoms with Crippen molar-refractivity contribution in [2.75, 3.05) is 25.0 Å². The van der Waals surface area contributed by atoms with Gasteiger partial charge >= 0.3 is 0 Å². The molecule has 0 bridgehead atoms. The lowest BCUT2D eigenvalue weighted by molar-refractivity contribution is -0.131. The van der Waals surface area contributed by atoms with Gasteiger partial charge in [0.1, 0.15) is 0 Å². The second-order valence-electron chi connectivity index (χ2n) is 6.02. The molecule has 1 N–H and O–H groups in total. The van der Waals surface area contributed by atoms with E-state index in [0.717, 1.165) is 19.6 Å². The fourth-order valence-corrected chi connectivity index (χ4v) is 3.38. The Morgan fingerprint density at radius 2 is 1.80 bits per heavy atom. The summed E-state index contributed by atoms with van der Waals surface area (Å²) in [6, 6.07) is 8.38. The number of rotatable bonds is 2. The third-order valence-electron chi connectivity index (χ3n) is 4.57. The van der Waals surface area contributed by atoms with Crippen molar-refractivity contribution in [2.45, 2.75) is 44.4 Å². The van der Waals surface area contributed by atoms with Gasteiger partial charge in [-0.05, 0) is 24.5 Å². The van der Waals surface area contributed by atoms with Crippen LogP contribution < -0.4 is 5.32 Å². The van der Waals surface area contributed by atoms with Crippen molar-refractivity contribution in [1.82, 2.24) is 4.90 Å². The van der Waals surface area contributed by atoms with Crippen LogP contribution in [0.4, 0.5) is 5.69 Å². The molecule has 1 aromatic carbocycles. The van der Waals surface area contributed by atoms with Gasteiger partial charge in [-0.1, -0.05) is 37.5 Å². The summed E-state index contributed by atoms with van der Waals surface area (Å²) >= 11 is 0. The lowest BCUT2D eigenvalue weighted by atomic mass is 9.97. The summed E-state index contributed by atoms with van der Waals surface area (Å²) in [4.78, 5) is 14.6. The molecule has 0 spiro atoms. The summed E-state index contributed by atoms with van der Waals surface area (Å²) in [5, 5.41) is 3.41. The zero-order valence-corrected chi connectivity index (χ0v) is 12.1. The third-order valence-corrected chi connectivity index (χ3v) is 4.57. The van der Waals surface area contributed by atoms with Crippen molar-refractivity contribution in [3.8, 4) is 0 Å². The first-order chi connectivity index (χ1) is 9.84. The van der Waals surface area contributed by atoms with Gasteiger partial charge < -0.3 is 10.2 Å². The molecular weight excluding hydrogens is 248 g/mol. The van der Waals surface area contributed by atoms with E-state index in [1.165, 1.54) is 43.4 Å². The minimum atomic E-state index is 0.343. The highest BCUT2D eigenvalue weighted by atomic mass is 16.2. The molecule has 2 heterocycles. The Morgan fingerprint density at radius 3 is 2.60 bits per heavy atom. The van der Waals surface area contributed by atoms with Crippen LogP contribution in [0.3, 0.4) is 0 Å². The summed E-state index contributed by atoms with van der Waals surface area (Å²) in [7, 11) is 0. The standard InChI is InChI=1S/C17H24N2O/c20-17(19-10-6-2-1-3-7-11-19)12-14-13-18-16-9-5-4-8-15(14)16/h4-5,8-9,14,18H,1-3,6-7,10-13H2. The van der Waals surface area contributed by atoms with E-state index in [4.69, 9.17) is 0 Å². The Kier molecular flexibility index (Phi) is 4.24. The molecule has 3 rings (SSSR count). The van der Waals surface area contributed by atoms with E-state index < -0.39 is 0 Å². The molecule has 0 aromatic heterocycles. The van der Waals surface area contributed by atoms with E-state index in [-0.39, 0.29) is 0 Å². The highest BCUT2D eigenvalue weighted by molar-refractivity contribution is 5.78. The molecule has 3 heteroatoms. The van der Waals surface area contributed by atoms with Crippen LogP contribution in [-0.2, 0) is 4.79 Å². The minimum absolute atomic E-state index is 0.343. The molecular formula is C17H24N2O. The first kappa shape index (κ1) is 13.5. The van der Waals surface area contributed by atoms with E-state index in [0.29, 0.717) is 18.2 Å². The molecule has 0 aliphatic carbocycles. The number of carbonyl (C=O) groups excluding carboxylic acids is 1. The molecule has 2 aliphatic heterocycles. The topological polar surface area (TPSA) is 32.3 Å². The molecule has 108 valence electrons. The van der Waals surface area contributed by atoms with Crippen molar-refractivity contribution >= 4 is 11.6 Å². The predicted molar refractivity (Wildman–Crippen MR) is 82.0 cm³/mol. The molecule has 1 atom stereocenters. The van der Waals surface area contributed by atoms with Gasteiger partial charge in [0, 0.05) is 37.7 Å². The van der Waals surface area contributed by atoms with E-state index >= 15 is 0 Å². The molecule has 1 amide bonds. The van der Waals surface area contributed by atoms with Crippen LogP contribution in [-0.4, -0.2) is 30.4 Å². The summed E-state index contributed by atoms with van der Waals surface area (Å²) in [6.07, 6.45) is 6.89. The van der Waals surface area contributed by atoms with E-state index in [1.54, 1.807) is 0 Å². The molecule has 20 heavy (non-hydrogen) atoms. The van der Waals surface area contributed by atoms with Gasteiger partial charge in [0.2, 0.25) is 5.91 Å². The zero-order valence-electron chi connectivity index (χ0n) is 12.1. The summed E-state index contributed by atoms with van der Waals surface area (Å²) in [5.41, 5.74) is 2.52. The quantitative estimate of drug-likeness (QED) is 0.895. The van der Waals surface area contributed by atoms with E-state index in [2.05, 4.69) is 28.4 Å². The second-order valence-corrected chi connectivity index (χ2v) is 6.02. The van der Waals surface area contributed by atoms with E-state index in [1.807, 2.05) is 6.07 Å². The number of carbonyl (C=O) groups is 1. The van der Waals surface area contributed by atoms with Gasteiger partial charge in [-0.3, -0.25) is 4.79 Å². The number of fused-ring (bicyclic) bond motifs is 1. The van der Waals surface area contributed by atoms with Crippen molar-refractivity contribution in [1.29, 1.82) is 0 Å². The minimum Gasteiger partial charge on any atom is -0.384 e. The molecule has 0 radical (unpaired) electrons. The maximum Gasteiger partial charge on any atom is 0.223 e. The molecule has 2 aliphatic rings. The molecule has 0 saturated carbocycles. The molecule has 1 aromatic rings. The Bertz CT molecular complexity index is 464. The van der Waals surface area contributed by atoms with Gasteiger partial charge in [-0.25, -0.2) is 0 Å². The van der Waals surface area contributed by atoms with Gasteiger partial charge in [0.15, 0.2) is 0 Å². The predicted octanol–water partition coefficient (Wildman–Crippen LogP) is 3.38. The van der Waals surface area contributed by atoms with Gasteiger partial charge in [0.25, 0.3) is 0 Å². The number of nitrogens with zero attached hydrogens (tertiary/aromatic N) is 1. The Balaban J connectivity index is 1.61. The number of nitrogens with one attached hydrogen (secondary N) is 1. The number of likely N-dealkylation sites (tertiary alicyclic amines) is 1. The monoisotopic (exact) mass is 272 g/mol. The van der Waals surface area contributed by atoms with Crippen LogP contribution in [0.15, 0.2) is 24.3 Å². The van der Waals surface area contributed by atoms with Gasteiger partial charge in [0.05, 0.1) is 0 Å². The normalized spacial score (nSPS) is 22.6. The highest BCUT2D eigenvalue weighted by Crippen LogP contribution is 2.33. The fraction of sp³-hybridized carbons (Fsp3) is 0.588. The first-order valence-corrected chi connectivity index (χ1v) is 7.95. The number of anilines is 1. The Morgan fingerprint density at radius 1 is 1.10 bits per heavy atom. The van der Waals surface area contributed by atoms with Crippen LogP contribution in [0.2, 0.25) is 0 Å². The summed E-state index contributed by atoms with van der Waals surface area (Å²) in [6.45, 7) is 2.82. The Labute approximate surface area is 121 Å². The average Bonchev–Trinajstić information content (AvgIpc) is 2.82. The largest absolute Gasteiger partial charge is 0.384 e. The van der Waals surface area contributed by atoms with Crippen LogP contribution in [0.25, 0.3) is 0 Å². The molecule has 1 fully saturated rings. The van der Waals surface area contributed by atoms with Crippen LogP contribution in [0, 0.1) is 0 Å². The average molecular weight is 272 g/mol. The lowest BCUT2D eigenvalue weighted by Gasteiger charge is -2.26. The van der Waals surface area contributed by atoms with E-state index in [9.17, 15) is 4.79 Å². The summed E-state index contributed by atoms with van der Waals surface area (Å²) in [5.74, 6) is 0.694. The molecule has 3 nitrogen and oxygen atoms in total. The Hall–Kier alpha value is -1.51. The van der Waals surface area contributed by atoms with Crippen LogP contribution >= 0.6 is 0 Å². The SMILES string of the molecule is O=C(CC1CNc2ccccc21)N1CCCCCCC1. The van der Waals surface area contributed by atoms with Gasteiger partial charge in [-0.2, -0.15) is 0 Å². The van der Waals surface area contributed by atoms with Crippen molar-refractivity contribution < 1.29 is 4.79 Å². The van der Waals surface area contributed by atoms with Crippen LogP contribution in [0.1, 0.15) is 50.0 Å². The summed E-state index contributed by atoms with van der Waals surface area (Å²) < 4.78 is 0. The lowest BCUT2D eigenvalue weighted by Crippen LogP contribution is -2.34. The number of benzene rings is 1. The number of amides is 1. The number of hydrogen-bond acceptors (Lipinski definition) is 2. The third kappa shape index (κ3) is 2.97.